The average molecular weight is 378 g/mol. The molecule has 5 aliphatic rings. The minimum Gasteiger partial charge on any atom is -0.391 e. The maximum atomic E-state index is 13.3. The summed E-state index contributed by atoms with van der Waals surface area (Å²) in [5.74, 6) is 2.20. The molecule has 152 valence electrons. The van der Waals surface area contributed by atoms with E-state index in [4.69, 9.17) is 0 Å². The van der Waals surface area contributed by atoms with E-state index < -0.39 is 12.1 Å². The van der Waals surface area contributed by atoms with Crippen LogP contribution in [0.15, 0.2) is 0 Å². The maximum Gasteiger partial charge on any atom is 0.242 e. The molecule has 27 heavy (non-hydrogen) atoms. The number of aliphatic hydroxyl groups is 1. The Morgan fingerprint density at radius 3 is 2.15 bits per heavy atom. The molecule has 6 heteroatoms. The first-order valence-electron chi connectivity index (χ1n) is 10.8. The van der Waals surface area contributed by atoms with Crippen LogP contribution in [0.4, 0.5) is 0 Å². The second kappa shape index (κ2) is 7.36. The highest BCUT2D eigenvalue weighted by atomic mass is 16.3. The Morgan fingerprint density at radius 1 is 1.07 bits per heavy atom. The first kappa shape index (κ1) is 19.2. The molecule has 0 radical (unpaired) electrons. The van der Waals surface area contributed by atoms with Crippen molar-refractivity contribution in [2.75, 3.05) is 19.6 Å². The van der Waals surface area contributed by atoms with E-state index in [0.717, 1.165) is 19.3 Å². The summed E-state index contributed by atoms with van der Waals surface area (Å²) < 4.78 is 0. The molecule has 4 N–H and O–H groups in total. The van der Waals surface area contributed by atoms with Gasteiger partial charge in [0.25, 0.3) is 0 Å². The van der Waals surface area contributed by atoms with E-state index in [1.807, 2.05) is 13.8 Å². The third-order valence-corrected chi connectivity index (χ3v) is 7.60. The van der Waals surface area contributed by atoms with E-state index >= 15 is 0 Å². The van der Waals surface area contributed by atoms with Crippen LogP contribution in [0, 0.1) is 35.0 Å². The molecule has 0 aromatic heterocycles. The highest BCUT2D eigenvalue weighted by molar-refractivity contribution is 5.90. The van der Waals surface area contributed by atoms with Gasteiger partial charge in [-0.1, -0.05) is 13.8 Å². The van der Waals surface area contributed by atoms with Crippen molar-refractivity contribution in [2.24, 2.45) is 35.0 Å². The van der Waals surface area contributed by atoms with Crippen molar-refractivity contribution in [1.29, 1.82) is 0 Å². The van der Waals surface area contributed by atoms with Gasteiger partial charge in [-0.05, 0) is 62.2 Å². The molecule has 1 heterocycles. The van der Waals surface area contributed by atoms with Gasteiger partial charge < -0.3 is 21.1 Å². The zero-order valence-corrected chi connectivity index (χ0v) is 16.7. The van der Waals surface area contributed by atoms with Crippen molar-refractivity contribution >= 4 is 11.8 Å². The fraction of sp³-hybridized carbons (Fsp3) is 0.905. The summed E-state index contributed by atoms with van der Waals surface area (Å²) in [7, 11) is 0. The minimum atomic E-state index is -0.503. The lowest BCUT2D eigenvalue weighted by atomic mass is 9.49. The normalized spacial score (nSPS) is 41.0. The van der Waals surface area contributed by atoms with E-state index in [9.17, 15) is 14.7 Å². The van der Waals surface area contributed by atoms with Gasteiger partial charge >= 0.3 is 0 Å². The summed E-state index contributed by atoms with van der Waals surface area (Å²) in [6, 6.07) is -0.503. The molecule has 0 aromatic rings. The van der Waals surface area contributed by atoms with Crippen molar-refractivity contribution in [3.05, 3.63) is 0 Å². The van der Waals surface area contributed by atoms with E-state index in [2.05, 4.69) is 16.0 Å². The zero-order chi connectivity index (χ0) is 19.2. The smallest absolute Gasteiger partial charge is 0.242 e. The number of hydrogen-bond donors (Lipinski definition) is 4. The van der Waals surface area contributed by atoms with Gasteiger partial charge in [-0.2, -0.15) is 0 Å². The number of aliphatic hydroxyl groups excluding tert-OH is 1. The zero-order valence-electron chi connectivity index (χ0n) is 16.7. The quantitative estimate of drug-likeness (QED) is 0.557. The van der Waals surface area contributed by atoms with Gasteiger partial charge in [0.2, 0.25) is 11.8 Å². The summed E-state index contributed by atoms with van der Waals surface area (Å²) in [6.45, 7) is 5.71. The van der Waals surface area contributed by atoms with Crippen LogP contribution in [-0.4, -0.2) is 48.7 Å². The van der Waals surface area contributed by atoms with Crippen LogP contribution in [-0.2, 0) is 9.59 Å². The van der Waals surface area contributed by atoms with Gasteiger partial charge in [-0.15, -0.1) is 0 Å². The average Bonchev–Trinajstić information content (AvgIpc) is 3.00. The van der Waals surface area contributed by atoms with Crippen LogP contribution in [0.1, 0.15) is 52.4 Å². The van der Waals surface area contributed by atoms with E-state index in [0.29, 0.717) is 37.4 Å². The fourth-order valence-electron chi connectivity index (χ4n) is 6.49. The first-order valence-corrected chi connectivity index (χ1v) is 10.8. The highest BCUT2D eigenvalue weighted by Gasteiger charge is 2.55. The Morgan fingerprint density at radius 2 is 1.67 bits per heavy atom. The summed E-state index contributed by atoms with van der Waals surface area (Å²) in [5.41, 5.74) is -0.228. The number of rotatable bonds is 6. The van der Waals surface area contributed by atoms with Gasteiger partial charge in [-0.3, -0.25) is 9.59 Å². The Kier molecular flexibility index (Phi) is 5.23. The summed E-state index contributed by atoms with van der Waals surface area (Å²) >= 11 is 0. The van der Waals surface area contributed by atoms with Crippen LogP contribution in [0.2, 0.25) is 0 Å². The number of nitrogens with one attached hydrogen (secondary N) is 3. The van der Waals surface area contributed by atoms with E-state index in [1.165, 1.54) is 19.3 Å². The van der Waals surface area contributed by atoms with Crippen LogP contribution in [0.25, 0.3) is 0 Å². The number of β-amino-alcohol motifs (C(OH)–C–C–N with tert-alkyl or cyclic N) is 1. The van der Waals surface area contributed by atoms with Gasteiger partial charge in [0.1, 0.15) is 6.04 Å². The van der Waals surface area contributed by atoms with Crippen molar-refractivity contribution in [1.82, 2.24) is 16.0 Å². The number of amides is 2. The Bertz CT molecular complexity index is 556. The number of carbonyl (C=O) groups excluding carboxylic acids is 2. The molecular formula is C21H35N3O3. The third kappa shape index (κ3) is 3.75. The molecule has 1 saturated heterocycles. The molecular weight excluding hydrogens is 342 g/mol. The molecule has 0 spiro atoms. The largest absolute Gasteiger partial charge is 0.391 e. The third-order valence-electron chi connectivity index (χ3n) is 7.60. The lowest BCUT2D eigenvalue weighted by molar-refractivity contribution is -0.149. The fourth-order valence-corrected chi connectivity index (χ4v) is 6.49. The van der Waals surface area contributed by atoms with Crippen molar-refractivity contribution < 1.29 is 14.7 Å². The first-order chi connectivity index (χ1) is 12.9. The molecule has 2 amide bonds. The van der Waals surface area contributed by atoms with Crippen LogP contribution in [0.5, 0.6) is 0 Å². The lowest BCUT2D eigenvalue weighted by Crippen LogP contribution is -2.58. The Hall–Kier alpha value is -1.14. The number of hydrogen-bond acceptors (Lipinski definition) is 4. The second-order valence-corrected chi connectivity index (χ2v) is 10.1. The van der Waals surface area contributed by atoms with Gasteiger partial charge in [0.05, 0.1) is 6.10 Å². The summed E-state index contributed by atoms with van der Waals surface area (Å²) in [5, 5.41) is 19.1. The van der Waals surface area contributed by atoms with E-state index in [1.54, 1.807) is 0 Å². The SMILES string of the molecule is CC(C)C(NC(=O)C12CC3CC(CC(C3)C1)C2)C(=O)NCC1CNCC1O. The molecule has 0 aromatic carbocycles. The lowest BCUT2D eigenvalue weighted by Gasteiger charge is -2.55. The molecule has 1 aliphatic heterocycles. The summed E-state index contributed by atoms with van der Waals surface area (Å²) in [6.07, 6.45) is 6.53. The van der Waals surface area contributed by atoms with Gasteiger partial charge in [0.15, 0.2) is 0 Å². The van der Waals surface area contributed by atoms with Gasteiger partial charge in [-0.25, -0.2) is 0 Å². The van der Waals surface area contributed by atoms with Crippen molar-refractivity contribution in [3.63, 3.8) is 0 Å². The molecule has 5 rings (SSSR count). The molecule has 3 atom stereocenters. The standard InChI is InChI=1S/C21H35N3O3/c1-12(2)18(19(26)23-10-16-9-22-11-17(16)25)24-20(27)21-6-13-3-14(7-21)5-15(4-13)8-21/h12-18,22,25H,3-11H2,1-2H3,(H,23,26)(H,24,27). The molecule has 4 aliphatic carbocycles. The predicted molar refractivity (Wildman–Crippen MR) is 103 cm³/mol. The predicted octanol–water partition coefficient (Wildman–Crippen LogP) is 1.04. The molecule has 4 bridgehead atoms. The van der Waals surface area contributed by atoms with Crippen LogP contribution < -0.4 is 16.0 Å². The molecule has 6 nitrogen and oxygen atoms in total. The van der Waals surface area contributed by atoms with E-state index in [-0.39, 0.29) is 29.1 Å². The number of carbonyl (C=O) groups is 2. The van der Waals surface area contributed by atoms with Crippen LogP contribution >= 0.6 is 0 Å². The molecule has 4 saturated carbocycles. The van der Waals surface area contributed by atoms with Gasteiger partial charge in [0, 0.05) is 31.0 Å². The minimum absolute atomic E-state index is 0.0366. The van der Waals surface area contributed by atoms with Crippen LogP contribution in [0.3, 0.4) is 0 Å². The van der Waals surface area contributed by atoms with Crippen molar-refractivity contribution in [3.8, 4) is 0 Å². The highest BCUT2D eigenvalue weighted by Crippen LogP contribution is 2.60. The van der Waals surface area contributed by atoms with Crippen molar-refractivity contribution in [2.45, 2.75) is 64.5 Å². The monoisotopic (exact) mass is 377 g/mol. The maximum absolute atomic E-state index is 13.3. The Labute approximate surface area is 162 Å². The molecule has 5 fully saturated rings. The topological polar surface area (TPSA) is 90.5 Å². The molecule has 3 unspecified atom stereocenters. The summed E-state index contributed by atoms with van der Waals surface area (Å²) in [4.78, 5) is 26.1. The Balaban J connectivity index is 1.38. The second-order valence-electron chi connectivity index (χ2n) is 10.1.